The minimum atomic E-state index is -0.774. The molecule has 0 radical (unpaired) electrons. The Kier molecular flexibility index (Phi) is 5.41. The van der Waals surface area contributed by atoms with Gasteiger partial charge < -0.3 is 10.1 Å². The molecule has 5 rings (SSSR count). The molecule has 2 heterocycles. The van der Waals surface area contributed by atoms with E-state index in [1.165, 1.54) is 0 Å². The lowest BCUT2D eigenvalue weighted by atomic mass is 9.91. The molecule has 1 aromatic heterocycles. The molecule has 0 fully saturated rings. The molecule has 2 amide bonds. The molecule has 0 saturated carbocycles. The zero-order chi connectivity index (χ0) is 24.0. The predicted molar refractivity (Wildman–Crippen MR) is 138 cm³/mol. The van der Waals surface area contributed by atoms with Crippen molar-refractivity contribution in [1.29, 1.82) is 0 Å². The SMILES string of the molecule is COc1ccc(N2C(=O)c3c(cc4sccc4c3-c3ccccc3)C2C(=O)NC(C)(C)C)cc1. The van der Waals surface area contributed by atoms with Crippen LogP contribution in [-0.2, 0) is 4.79 Å². The van der Waals surface area contributed by atoms with Gasteiger partial charge in [-0.15, -0.1) is 11.3 Å². The van der Waals surface area contributed by atoms with E-state index in [1.807, 2.05) is 74.7 Å². The molecule has 1 aliphatic rings. The zero-order valence-corrected chi connectivity index (χ0v) is 20.4. The fourth-order valence-electron chi connectivity index (χ4n) is 4.56. The average Bonchev–Trinajstić information content (AvgIpc) is 3.39. The maximum Gasteiger partial charge on any atom is 0.260 e. The summed E-state index contributed by atoms with van der Waals surface area (Å²) in [7, 11) is 1.60. The molecule has 0 bridgehead atoms. The van der Waals surface area contributed by atoms with Gasteiger partial charge in [0.2, 0.25) is 5.91 Å². The van der Waals surface area contributed by atoms with Crippen LogP contribution in [0.25, 0.3) is 21.2 Å². The molecule has 0 spiro atoms. The van der Waals surface area contributed by atoms with Gasteiger partial charge in [-0.05, 0) is 73.7 Å². The van der Waals surface area contributed by atoms with Crippen molar-refractivity contribution in [1.82, 2.24) is 5.32 Å². The zero-order valence-electron chi connectivity index (χ0n) is 19.6. The van der Waals surface area contributed by atoms with Crippen LogP contribution in [0.3, 0.4) is 0 Å². The third-order valence-electron chi connectivity index (χ3n) is 5.93. The maximum atomic E-state index is 14.1. The van der Waals surface area contributed by atoms with Crippen LogP contribution in [0.2, 0.25) is 0 Å². The number of thiophene rings is 1. The minimum absolute atomic E-state index is 0.179. The van der Waals surface area contributed by atoms with Gasteiger partial charge in [-0.3, -0.25) is 14.5 Å². The third-order valence-corrected chi connectivity index (χ3v) is 6.80. The number of anilines is 1. The van der Waals surface area contributed by atoms with E-state index in [0.29, 0.717) is 17.0 Å². The van der Waals surface area contributed by atoms with Crippen molar-refractivity contribution in [3.63, 3.8) is 0 Å². The van der Waals surface area contributed by atoms with Crippen molar-refractivity contribution in [2.24, 2.45) is 0 Å². The topological polar surface area (TPSA) is 58.6 Å². The maximum absolute atomic E-state index is 14.1. The van der Waals surface area contributed by atoms with Crippen molar-refractivity contribution in [2.45, 2.75) is 32.4 Å². The van der Waals surface area contributed by atoms with Crippen molar-refractivity contribution in [3.8, 4) is 16.9 Å². The monoisotopic (exact) mass is 470 g/mol. The van der Waals surface area contributed by atoms with Crippen molar-refractivity contribution >= 4 is 38.9 Å². The molecule has 1 atom stereocenters. The summed E-state index contributed by atoms with van der Waals surface area (Å²) in [6.07, 6.45) is 0. The highest BCUT2D eigenvalue weighted by molar-refractivity contribution is 7.17. The number of amides is 2. The summed E-state index contributed by atoms with van der Waals surface area (Å²) < 4.78 is 6.35. The van der Waals surface area contributed by atoms with E-state index >= 15 is 0 Å². The molecule has 34 heavy (non-hydrogen) atoms. The molecule has 5 nitrogen and oxygen atoms in total. The average molecular weight is 471 g/mol. The number of ether oxygens (including phenoxy) is 1. The Morgan fingerprint density at radius 2 is 1.71 bits per heavy atom. The molecule has 0 aliphatic carbocycles. The number of hydrogen-bond acceptors (Lipinski definition) is 4. The summed E-state index contributed by atoms with van der Waals surface area (Å²) in [5.74, 6) is 0.306. The number of methoxy groups -OCH3 is 1. The van der Waals surface area contributed by atoms with Gasteiger partial charge in [0.25, 0.3) is 5.91 Å². The van der Waals surface area contributed by atoms with Gasteiger partial charge >= 0.3 is 0 Å². The van der Waals surface area contributed by atoms with E-state index in [0.717, 1.165) is 26.8 Å². The first-order chi connectivity index (χ1) is 16.3. The molecule has 0 saturated heterocycles. The van der Waals surface area contributed by atoms with Crippen molar-refractivity contribution in [2.75, 3.05) is 12.0 Å². The lowest BCUT2D eigenvalue weighted by Gasteiger charge is -2.29. The number of nitrogens with one attached hydrogen (secondary N) is 1. The largest absolute Gasteiger partial charge is 0.497 e. The fraction of sp³-hybridized carbons (Fsp3) is 0.214. The Balaban J connectivity index is 1.76. The van der Waals surface area contributed by atoms with E-state index in [4.69, 9.17) is 4.74 Å². The summed E-state index contributed by atoms with van der Waals surface area (Å²) in [5.41, 5.74) is 3.37. The number of nitrogens with zero attached hydrogens (tertiary/aromatic N) is 1. The van der Waals surface area contributed by atoms with E-state index in [9.17, 15) is 9.59 Å². The highest BCUT2D eigenvalue weighted by Crippen LogP contribution is 2.46. The van der Waals surface area contributed by atoms with Crippen molar-refractivity contribution < 1.29 is 14.3 Å². The second kappa shape index (κ2) is 8.29. The molecule has 172 valence electrons. The lowest BCUT2D eigenvalue weighted by molar-refractivity contribution is -0.123. The van der Waals surface area contributed by atoms with Gasteiger partial charge in [0.15, 0.2) is 0 Å². The Morgan fingerprint density at radius 1 is 1.00 bits per heavy atom. The minimum Gasteiger partial charge on any atom is -0.497 e. The number of carbonyl (C=O) groups is 2. The highest BCUT2D eigenvalue weighted by atomic mass is 32.1. The van der Waals surface area contributed by atoms with Gasteiger partial charge in [-0.2, -0.15) is 0 Å². The van der Waals surface area contributed by atoms with E-state index in [2.05, 4.69) is 11.4 Å². The van der Waals surface area contributed by atoms with Crippen LogP contribution in [0.1, 0.15) is 42.7 Å². The van der Waals surface area contributed by atoms with E-state index in [1.54, 1.807) is 35.5 Å². The third kappa shape index (κ3) is 3.74. The quantitative estimate of drug-likeness (QED) is 0.387. The summed E-state index contributed by atoms with van der Waals surface area (Å²) >= 11 is 1.61. The molecule has 1 unspecified atom stereocenters. The van der Waals surface area contributed by atoms with E-state index in [-0.39, 0.29) is 11.8 Å². The smallest absolute Gasteiger partial charge is 0.260 e. The molecule has 4 aromatic rings. The molecule has 1 aliphatic heterocycles. The van der Waals surface area contributed by atoms with Crippen LogP contribution in [0.5, 0.6) is 5.75 Å². The molecule has 3 aromatic carbocycles. The number of carbonyl (C=O) groups excluding carboxylic acids is 2. The Morgan fingerprint density at radius 3 is 2.35 bits per heavy atom. The van der Waals surface area contributed by atoms with Gasteiger partial charge in [0, 0.05) is 26.9 Å². The van der Waals surface area contributed by atoms with Crippen LogP contribution >= 0.6 is 11.3 Å². The summed E-state index contributed by atoms with van der Waals surface area (Å²) in [5, 5.41) is 6.14. The van der Waals surface area contributed by atoms with Gasteiger partial charge in [0.05, 0.1) is 12.7 Å². The summed E-state index contributed by atoms with van der Waals surface area (Å²) in [6, 6.07) is 20.5. The first-order valence-corrected chi connectivity index (χ1v) is 12.1. The second-order valence-corrected chi connectivity index (χ2v) is 10.4. The summed E-state index contributed by atoms with van der Waals surface area (Å²) in [4.78, 5) is 29.4. The summed E-state index contributed by atoms with van der Waals surface area (Å²) in [6.45, 7) is 5.83. The van der Waals surface area contributed by atoms with Gasteiger partial charge in [0.1, 0.15) is 11.8 Å². The molecular formula is C28H26N2O3S. The van der Waals surface area contributed by atoms with Crippen LogP contribution in [0, 0.1) is 0 Å². The van der Waals surface area contributed by atoms with Gasteiger partial charge in [-0.1, -0.05) is 30.3 Å². The number of fused-ring (bicyclic) bond motifs is 2. The predicted octanol–water partition coefficient (Wildman–Crippen LogP) is 6.19. The molecule has 1 N–H and O–H groups in total. The molecular weight excluding hydrogens is 444 g/mol. The first kappa shape index (κ1) is 22.2. The standard InChI is InChI=1S/C28H26N2O3S/c1-28(2,3)29-26(31)25-21-16-22-20(14-15-34-22)23(17-8-6-5-7-9-17)24(21)27(32)30(25)18-10-12-19(33-4)13-11-18/h5-16,25H,1-4H3,(H,29,31). The number of benzene rings is 3. The second-order valence-electron chi connectivity index (χ2n) is 9.43. The van der Waals surface area contributed by atoms with Crippen LogP contribution in [0.15, 0.2) is 72.1 Å². The molecule has 6 heteroatoms. The highest BCUT2D eigenvalue weighted by Gasteiger charge is 2.45. The lowest BCUT2D eigenvalue weighted by Crippen LogP contribution is -2.47. The van der Waals surface area contributed by atoms with Crippen LogP contribution < -0.4 is 15.0 Å². The van der Waals surface area contributed by atoms with Crippen LogP contribution in [0.4, 0.5) is 5.69 Å². The van der Waals surface area contributed by atoms with Gasteiger partial charge in [-0.25, -0.2) is 0 Å². The Hall–Kier alpha value is -3.64. The first-order valence-electron chi connectivity index (χ1n) is 11.2. The Labute approximate surface area is 203 Å². The normalized spacial score (nSPS) is 15.5. The van der Waals surface area contributed by atoms with Crippen molar-refractivity contribution in [3.05, 3.63) is 83.2 Å². The van der Waals surface area contributed by atoms with Crippen LogP contribution in [-0.4, -0.2) is 24.5 Å². The number of hydrogen-bond donors (Lipinski definition) is 1. The van der Waals surface area contributed by atoms with E-state index < -0.39 is 11.6 Å². The number of rotatable bonds is 4. The Bertz CT molecular complexity index is 1390. The fourth-order valence-corrected chi connectivity index (χ4v) is 5.41.